The summed E-state index contributed by atoms with van der Waals surface area (Å²) in [5, 5.41) is 34.3. The molecule has 0 aliphatic carbocycles. The van der Waals surface area contributed by atoms with Gasteiger partial charge in [0, 0.05) is 5.56 Å². The van der Waals surface area contributed by atoms with Crippen molar-refractivity contribution in [1.82, 2.24) is 0 Å². The van der Waals surface area contributed by atoms with Gasteiger partial charge in [0.1, 0.15) is 0 Å². The number of carbonyl (C=O) groups is 7. The average Bonchev–Trinajstić information content (AvgIpc) is 3.00. The number of carbonyl (C=O) groups excluding carboxylic acids is 3. The molecule has 3 rings (SSSR count). The summed E-state index contributed by atoms with van der Waals surface area (Å²) in [5.74, 6) is -8.08. The van der Waals surface area contributed by atoms with Gasteiger partial charge in [-0.25, -0.2) is 28.8 Å². The minimum absolute atomic E-state index is 0.0847. The van der Waals surface area contributed by atoms with Crippen molar-refractivity contribution in [2.45, 2.75) is 0 Å². The molecule has 0 fully saturated rings. The average molecular weight is 465 g/mol. The van der Waals surface area contributed by atoms with Crippen LogP contribution < -0.4 is 0 Å². The van der Waals surface area contributed by atoms with Crippen LogP contribution in [0.3, 0.4) is 0 Å². The topological polar surface area (TPSA) is 210 Å². The molecule has 0 atom stereocenters. The Bertz CT molecular complexity index is 1130. The molecular weight excluding hydrogens is 456 g/mol. The van der Waals surface area contributed by atoms with E-state index < -0.39 is 63.3 Å². The van der Waals surface area contributed by atoms with Gasteiger partial charge in [0.05, 0.1) is 33.4 Å². The maximum atomic E-state index is 11.1. The lowest BCUT2D eigenvalue weighted by Crippen LogP contribution is -2.15. The summed E-state index contributed by atoms with van der Waals surface area (Å²) in [6.07, 6.45) is 0. The number of aromatic carboxylic acids is 4. The fraction of sp³-hybridized carbons (Fsp3) is 0. The van der Waals surface area contributed by atoms with Crippen molar-refractivity contribution in [2.24, 2.45) is 0 Å². The molecule has 0 amide bonds. The highest BCUT2D eigenvalue weighted by atomic mass is 35.5. The number of carboxylic acid groups (broad SMARTS) is 4. The number of halogens is 1. The monoisotopic (exact) mass is 464 g/mol. The van der Waals surface area contributed by atoms with Gasteiger partial charge in [-0.1, -0.05) is 0 Å². The quantitative estimate of drug-likeness (QED) is 0.283. The van der Waals surface area contributed by atoms with Crippen LogP contribution in [0.25, 0.3) is 0 Å². The Balaban J connectivity index is 0.000000233. The first-order chi connectivity index (χ1) is 14.8. The van der Waals surface area contributed by atoms with E-state index in [1.807, 2.05) is 0 Å². The Morgan fingerprint density at radius 1 is 0.625 bits per heavy atom. The van der Waals surface area contributed by atoms with Gasteiger partial charge in [0.15, 0.2) is 0 Å². The highest BCUT2D eigenvalue weighted by Gasteiger charge is 2.30. The van der Waals surface area contributed by atoms with E-state index >= 15 is 0 Å². The van der Waals surface area contributed by atoms with Crippen LogP contribution >= 0.6 is 11.6 Å². The summed E-state index contributed by atoms with van der Waals surface area (Å²) >= 11 is 5.21. The first-order valence-electron chi connectivity index (χ1n) is 8.06. The Hall–Kier alpha value is -4.58. The largest absolute Gasteiger partial charge is 0.478 e. The standard InChI is InChI=1S/C10H6O8.C9H3ClO4/c11-7(12)3-1-4(8(13)14)6(10(17)18)2-5(3)9(15)16;10-7(11)4-1-2-5-6(3-4)9(13)14-8(5)12/h1-2H,(H,11,12)(H,13,14)(H,15,16)(H,17,18);1-3H. The molecule has 1 aliphatic heterocycles. The predicted octanol–water partition coefficient (Wildman–Crippen LogP) is 1.86. The van der Waals surface area contributed by atoms with Crippen LogP contribution in [0.1, 0.15) is 72.5 Å². The van der Waals surface area contributed by atoms with Crippen molar-refractivity contribution < 1.29 is 58.7 Å². The van der Waals surface area contributed by atoms with Crippen LogP contribution in [-0.2, 0) is 4.74 Å². The summed E-state index contributed by atoms with van der Waals surface area (Å²) in [7, 11) is 0. The molecule has 32 heavy (non-hydrogen) atoms. The Kier molecular flexibility index (Phi) is 6.71. The van der Waals surface area contributed by atoms with E-state index in [1.54, 1.807) is 0 Å². The van der Waals surface area contributed by atoms with E-state index in [0.29, 0.717) is 12.1 Å². The molecule has 0 aromatic heterocycles. The maximum absolute atomic E-state index is 11.1. The Morgan fingerprint density at radius 2 is 1.00 bits per heavy atom. The van der Waals surface area contributed by atoms with Crippen molar-refractivity contribution >= 4 is 52.7 Å². The number of hydrogen-bond donors (Lipinski definition) is 4. The summed E-state index contributed by atoms with van der Waals surface area (Å²) in [6.45, 7) is 0. The van der Waals surface area contributed by atoms with Crippen LogP contribution in [0.2, 0.25) is 0 Å². The van der Waals surface area contributed by atoms with Crippen molar-refractivity contribution in [3.8, 4) is 0 Å². The number of cyclic esters (lactones) is 2. The molecule has 1 heterocycles. The molecular formula is C19H9ClO12. The number of rotatable bonds is 5. The van der Waals surface area contributed by atoms with Gasteiger partial charge in [-0.3, -0.25) is 4.79 Å². The molecule has 0 radical (unpaired) electrons. The second-order valence-corrected chi connectivity index (χ2v) is 6.22. The van der Waals surface area contributed by atoms with Crippen LogP contribution in [0, 0.1) is 0 Å². The van der Waals surface area contributed by atoms with Crippen molar-refractivity contribution in [3.05, 3.63) is 69.3 Å². The molecule has 13 heteroatoms. The molecule has 0 bridgehead atoms. The normalized spacial score (nSPS) is 11.5. The fourth-order valence-corrected chi connectivity index (χ4v) is 2.63. The van der Waals surface area contributed by atoms with Crippen molar-refractivity contribution in [1.29, 1.82) is 0 Å². The third-order valence-corrected chi connectivity index (χ3v) is 4.17. The van der Waals surface area contributed by atoms with Crippen molar-refractivity contribution in [3.63, 3.8) is 0 Å². The van der Waals surface area contributed by atoms with Gasteiger partial charge < -0.3 is 25.2 Å². The molecule has 12 nitrogen and oxygen atoms in total. The fourth-order valence-electron chi connectivity index (χ4n) is 2.51. The lowest BCUT2D eigenvalue weighted by Gasteiger charge is -2.06. The molecule has 0 unspecified atom stereocenters. The molecule has 0 spiro atoms. The van der Waals surface area contributed by atoms with Crippen LogP contribution in [0.15, 0.2) is 30.3 Å². The van der Waals surface area contributed by atoms with Gasteiger partial charge in [0.25, 0.3) is 5.24 Å². The van der Waals surface area contributed by atoms with Gasteiger partial charge in [-0.05, 0) is 41.9 Å². The van der Waals surface area contributed by atoms with Gasteiger partial charge >= 0.3 is 35.8 Å². The third-order valence-electron chi connectivity index (χ3n) is 3.95. The molecule has 1 aliphatic rings. The molecule has 2 aromatic rings. The summed E-state index contributed by atoms with van der Waals surface area (Å²) in [4.78, 5) is 75.9. The highest BCUT2D eigenvalue weighted by Crippen LogP contribution is 2.22. The first-order valence-corrected chi connectivity index (χ1v) is 8.44. The highest BCUT2D eigenvalue weighted by molar-refractivity contribution is 6.67. The third kappa shape index (κ3) is 4.76. The van der Waals surface area contributed by atoms with E-state index in [-0.39, 0.29) is 16.7 Å². The van der Waals surface area contributed by atoms with E-state index in [1.165, 1.54) is 18.2 Å². The molecule has 2 aromatic carbocycles. The smallest absolute Gasteiger partial charge is 0.346 e. The number of esters is 2. The van der Waals surface area contributed by atoms with E-state index in [0.717, 1.165) is 0 Å². The predicted molar refractivity (Wildman–Crippen MR) is 101 cm³/mol. The SMILES string of the molecule is O=C(Cl)c1ccc2c(c1)C(=O)OC2=O.O=C(O)c1cc(C(=O)O)c(C(=O)O)cc1C(=O)O. The lowest BCUT2D eigenvalue weighted by molar-refractivity contribution is 0.0441. The zero-order valence-corrected chi connectivity index (χ0v) is 16.1. The van der Waals surface area contributed by atoms with Gasteiger partial charge in [-0.2, -0.15) is 0 Å². The minimum Gasteiger partial charge on any atom is -0.478 e. The summed E-state index contributed by atoms with van der Waals surface area (Å²) in [6, 6.07) is 4.99. The first kappa shape index (κ1) is 23.7. The second-order valence-electron chi connectivity index (χ2n) is 5.88. The van der Waals surface area contributed by atoms with Gasteiger partial charge in [-0.15, -0.1) is 0 Å². The van der Waals surface area contributed by atoms with Crippen LogP contribution in [0.4, 0.5) is 0 Å². The lowest BCUT2D eigenvalue weighted by atomic mass is 9.98. The van der Waals surface area contributed by atoms with E-state index in [4.69, 9.17) is 32.0 Å². The number of hydrogen-bond acceptors (Lipinski definition) is 8. The molecule has 164 valence electrons. The Labute approximate surface area is 181 Å². The summed E-state index contributed by atoms with van der Waals surface area (Å²) < 4.78 is 4.33. The van der Waals surface area contributed by atoms with Crippen LogP contribution in [-0.4, -0.2) is 61.5 Å². The number of carboxylic acids is 4. The molecule has 0 saturated heterocycles. The second kappa shape index (κ2) is 9.06. The van der Waals surface area contributed by atoms with Gasteiger partial charge in [0.2, 0.25) is 0 Å². The zero-order valence-electron chi connectivity index (χ0n) is 15.3. The maximum Gasteiger partial charge on any atom is 0.346 e. The minimum atomic E-state index is -1.66. The number of benzene rings is 2. The Morgan fingerprint density at radius 3 is 1.34 bits per heavy atom. The summed E-state index contributed by atoms with van der Waals surface area (Å²) in [5.41, 5.74) is -2.74. The number of ether oxygens (including phenoxy) is 1. The van der Waals surface area contributed by atoms with E-state index in [2.05, 4.69) is 4.74 Å². The van der Waals surface area contributed by atoms with Crippen molar-refractivity contribution in [2.75, 3.05) is 0 Å². The molecule has 4 N–H and O–H groups in total. The van der Waals surface area contributed by atoms with Crippen LogP contribution in [0.5, 0.6) is 0 Å². The van der Waals surface area contributed by atoms with E-state index in [9.17, 15) is 33.6 Å². The number of fused-ring (bicyclic) bond motifs is 1. The molecule has 0 saturated carbocycles. The zero-order chi connectivity index (χ0) is 24.3.